The second-order valence-corrected chi connectivity index (χ2v) is 8.51. The quantitative estimate of drug-likeness (QED) is 0.645. The number of hydrogen-bond donors (Lipinski definition) is 2. The van der Waals surface area contributed by atoms with E-state index in [1.807, 2.05) is 24.4 Å². The number of thiazole rings is 1. The fourth-order valence-electron chi connectivity index (χ4n) is 3.34. The van der Waals surface area contributed by atoms with Crippen LogP contribution in [-0.4, -0.2) is 54.0 Å². The van der Waals surface area contributed by atoms with Crippen molar-refractivity contribution in [1.82, 2.24) is 15.2 Å². The van der Waals surface area contributed by atoms with Gasteiger partial charge in [-0.05, 0) is 31.9 Å². The molecule has 0 aliphatic carbocycles. The Hall–Kier alpha value is -2.80. The van der Waals surface area contributed by atoms with Gasteiger partial charge in [-0.15, -0.1) is 11.3 Å². The number of nitrogens with one attached hydrogen (secondary N) is 1. The molecule has 1 aromatic heterocycles. The lowest BCUT2D eigenvalue weighted by Crippen LogP contribution is -2.46. The first-order chi connectivity index (χ1) is 15.0. The molecule has 9 heteroatoms. The van der Waals surface area contributed by atoms with Gasteiger partial charge < -0.3 is 20.7 Å². The highest BCUT2D eigenvalue weighted by atomic mass is 32.1. The van der Waals surface area contributed by atoms with Crippen molar-refractivity contribution in [3.05, 3.63) is 40.2 Å². The summed E-state index contributed by atoms with van der Waals surface area (Å²) in [6.07, 6.45) is 1.38. The number of carbonyl (C=O) groups excluding carboxylic acids is 2. The molecule has 1 aliphatic rings. The van der Waals surface area contributed by atoms with Gasteiger partial charge in [0.05, 0.1) is 35.9 Å². The third kappa shape index (κ3) is 6.34. The van der Waals surface area contributed by atoms with E-state index < -0.39 is 0 Å². The second kappa shape index (κ2) is 11.0. The molecule has 1 saturated heterocycles. The maximum atomic E-state index is 12.6. The van der Waals surface area contributed by atoms with Crippen LogP contribution >= 0.6 is 11.3 Å². The summed E-state index contributed by atoms with van der Waals surface area (Å²) >= 11 is 1.48. The smallest absolute Gasteiger partial charge is 0.248 e. The predicted molar refractivity (Wildman–Crippen MR) is 118 cm³/mol. The molecule has 1 fully saturated rings. The predicted octanol–water partition coefficient (Wildman–Crippen LogP) is 1.90. The molecule has 0 saturated carbocycles. The molecule has 2 heterocycles. The molecule has 2 aromatic rings. The number of aromatic nitrogens is 1. The van der Waals surface area contributed by atoms with Crippen LogP contribution in [0, 0.1) is 17.2 Å². The number of piperidine rings is 1. The number of nitriles is 1. The first kappa shape index (κ1) is 22.9. The molecule has 0 radical (unpaired) electrons. The van der Waals surface area contributed by atoms with Gasteiger partial charge in [-0.25, -0.2) is 4.98 Å². The monoisotopic (exact) mass is 441 g/mol. The van der Waals surface area contributed by atoms with Gasteiger partial charge in [0.25, 0.3) is 0 Å². The van der Waals surface area contributed by atoms with Crippen molar-refractivity contribution in [2.75, 3.05) is 26.2 Å². The Kier molecular flexibility index (Phi) is 8.12. The van der Waals surface area contributed by atoms with Crippen LogP contribution in [0.5, 0.6) is 0 Å². The molecule has 0 spiro atoms. The van der Waals surface area contributed by atoms with Crippen molar-refractivity contribution >= 4 is 23.2 Å². The van der Waals surface area contributed by atoms with Gasteiger partial charge in [0.15, 0.2) is 0 Å². The van der Waals surface area contributed by atoms with Gasteiger partial charge in [0, 0.05) is 30.6 Å². The van der Waals surface area contributed by atoms with E-state index in [0.29, 0.717) is 31.7 Å². The molecule has 0 bridgehead atoms. The molecule has 3 rings (SSSR count). The van der Waals surface area contributed by atoms with Crippen LogP contribution in [0.15, 0.2) is 29.6 Å². The van der Waals surface area contributed by atoms with Crippen LogP contribution < -0.4 is 11.1 Å². The van der Waals surface area contributed by atoms with Crippen molar-refractivity contribution in [3.8, 4) is 17.3 Å². The number of rotatable bonds is 8. The van der Waals surface area contributed by atoms with E-state index in [2.05, 4.69) is 16.4 Å². The summed E-state index contributed by atoms with van der Waals surface area (Å²) in [5.74, 6) is -0.406. The van der Waals surface area contributed by atoms with Crippen molar-refractivity contribution in [3.63, 3.8) is 0 Å². The molecule has 2 atom stereocenters. The van der Waals surface area contributed by atoms with Crippen LogP contribution in [0.25, 0.3) is 11.3 Å². The first-order valence-corrected chi connectivity index (χ1v) is 11.2. The third-order valence-electron chi connectivity index (χ3n) is 5.24. The average Bonchev–Trinajstić information content (AvgIpc) is 3.30. The molecule has 2 amide bonds. The van der Waals surface area contributed by atoms with Crippen LogP contribution in [0.3, 0.4) is 0 Å². The summed E-state index contributed by atoms with van der Waals surface area (Å²) in [5, 5.41) is 14.6. The molecule has 0 unspecified atom stereocenters. The van der Waals surface area contributed by atoms with Gasteiger partial charge in [-0.3, -0.25) is 9.59 Å². The Labute approximate surface area is 186 Å². The molecule has 1 aromatic carbocycles. The standard InChI is InChI=1S/C22H27N5O3S/c1-15(9-23)30-13-21(28)27-8-2-3-18(12-27)22(29)25-11-20-26-19(14-31-20)17-6-4-16(10-24)5-7-17/h4-7,14-15,18H,2-3,8-9,11-13,23H2,1H3,(H,25,29)/t15-,18-/m0/s1. The van der Waals surface area contributed by atoms with Gasteiger partial charge in [0.2, 0.25) is 11.8 Å². The van der Waals surface area contributed by atoms with E-state index in [-0.39, 0.29) is 30.4 Å². The first-order valence-electron chi connectivity index (χ1n) is 10.3. The normalized spacial score (nSPS) is 17.1. The Bertz CT molecular complexity index is 937. The van der Waals surface area contributed by atoms with Crippen LogP contribution in [0.4, 0.5) is 0 Å². The Morgan fingerprint density at radius 2 is 2.19 bits per heavy atom. The molecule has 8 nitrogen and oxygen atoms in total. The number of nitrogens with two attached hydrogens (primary N) is 1. The van der Waals surface area contributed by atoms with Crippen molar-refractivity contribution in [2.24, 2.45) is 11.7 Å². The number of nitrogens with zero attached hydrogens (tertiary/aromatic N) is 3. The van der Waals surface area contributed by atoms with Crippen LogP contribution in [0.1, 0.15) is 30.3 Å². The van der Waals surface area contributed by atoms with Gasteiger partial charge in [0.1, 0.15) is 11.6 Å². The van der Waals surface area contributed by atoms with E-state index in [4.69, 9.17) is 15.7 Å². The number of amides is 2. The molecule has 31 heavy (non-hydrogen) atoms. The van der Waals surface area contributed by atoms with E-state index in [1.54, 1.807) is 17.0 Å². The Balaban J connectivity index is 1.49. The number of likely N-dealkylation sites (tertiary alicyclic amines) is 1. The molecular weight excluding hydrogens is 414 g/mol. The highest BCUT2D eigenvalue weighted by Crippen LogP contribution is 2.23. The lowest BCUT2D eigenvalue weighted by atomic mass is 9.97. The van der Waals surface area contributed by atoms with E-state index in [1.165, 1.54) is 11.3 Å². The molecule has 3 N–H and O–H groups in total. The number of benzene rings is 1. The largest absolute Gasteiger partial charge is 0.367 e. The number of carbonyl (C=O) groups is 2. The van der Waals surface area contributed by atoms with Crippen molar-refractivity contribution in [2.45, 2.75) is 32.4 Å². The lowest BCUT2D eigenvalue weighted by molar-refractivity contribution is -0.141. The van der Waals surface area contributed by atoms with E-state index in [9.17, 15) is 9.59 Å². The van der Waals surface area contributed by atoms with Crippen LogP contribution in [-0.2, 0) is 20.9 Å². The molecule has 1 aliphatic heterocycles. The lowest BCUT2D eigenvalue weighted by Gasteiger charge is -2.32. The highest BCUT2D eigenvalue weighted by molar-refractivity contribution is 7.09. The highest BCUT2D eigenvalue weighted by Gasteiger charge is 2.28. The minimum absolute atomic E-state index is 0.00998. The van der Waals surface area contributed by atoms with Gasteiger partial charge in [-0.2, -0.15) is 5.26 Å². The fourth-order valence-corrected chi connectivity index (χ4v) is 4.08. The fraction of sp³-hybridized carbons (Fsp3) is 0.455. The van der Waals surface area contributed by atoms with Gasteiger partial charge in [-0.1, -0.05) is 12.1 Å². The van der Waals surface area contributed by atoms with Crippen molar-refractivity contribution < 1.29 is 14.3 Å². The summed E-state index contributed by atoms with van der Waals surface area (Å²) < 4.78 is 5.42. The Morgan fingerprint density at radius 3 is 2.90 bits per heavy atom. The zero-order valence-corrected chi connectivity index (χ0v) is 18.4. The maximum absolute atomic E-state index is 12.6. The van der Waals surface area contributed by atoms with E-state index >= 15 is 0 Å². The number of hydrogen-bond acceptors (Lipinski definition) is 7. The maximum Gasteiger partial charge on any atom is 0.248 e. The number of ether oxygens (including phenoxy) is 1. The van der Waals surface area contributed by atoms with Gasteiger partial charge >= 0.3 is 0 Å². The van der Waals surface area contributed by atoms with Crippen LogP contribution in [0.2, 0.25) is 0 Å². The summed E-state index contributed by atoms with van der Waals surface area (Å²) in [6, 6.07) is 9.34. The SMILES string of the molecule is C[C@@H](CN)OCC(=O)N1CCC[C@H](C(=O)NCc2nc(-c3ccc(C#N)cc3)cs2)C1. The second-order valence-electron chi connectivity index (χ2n) is 7.57. The molecular formula is C22H27N5O3S. The summed E-state index contributed by atoms with van der Waals surface area (Å²) in [7, 11) is 0. The third-order valence-corrected chi connectivity index (χ3v) is 6.09. The summed E-state index contributed by atoms with van der Waals surface area (Å²) in [6.45, 7) is 3.57. The summed E-state index contributed by atoms with van der Waals surface area (Å²) in [4.78, 5) is 31.3. The average molecular weight is 442 g/mol. The minimum atomic E-state index is -0.234. The van der Waals surface area contributed by atoms with Crippen molar-refractivity contribution in [1.29, 1.82) is 5.26 Å². The summed E-state index contributed by atoms with van der Waals surface area (Å²) in [5.41, 5.74) is 7.86. The van der Waals surface area contributed by atoms with E-state index in [0.717, 1.165) is 29.1 Å². The molecule has 164 valence electrons. The minimum Gasteiger partial charge on any atom is -0.367 e. The Morgan fingerprint density at radius 1 is 1.42 bits per heavy atom. The topological polar surface area (TPSA) is 121 Å². The zero-order chi connectivity index (χ0) is 22.2. The zero-order valence-electron chi connectivity index (χ0n) is 17.5.